The third kappa shape index (κ3) is 4.60. The van der Waals surface area contributed by atoms with Crippen molar-refractivity contribution in [3.8, 4) is 5.75 Å². The van der Waals surface area contributed by atoms with Crippen LogP contribution in [0.5, 0.6) is 5.75 Å². The zero-order valence-electron chi connectivity index (χ0n) is 14.0. The van der Waals surface area contributed by atoms with Crippen molar-refractivity contribution < 1.29 is 5.11 Å². The highest BCUT2D eigenvalue weighted by Gasteiger charge is 2.11. The SMILES string of the molecule is CCCCN(Cc1ccccc1)Cc1cc(C)cc(C)c1O. The first-order valence-electron chi connectivity index (χ1n) is 8.15. The van der Waals surface area contributed by atoms with Crippen LogP contribution in [0.3, 0.4) is 0 Å². The molecule has 118 valence electrons. The summed E-state index contributed by atoms with van der Waals surface area (Å²) in [5.41, 5.74) is 4.53. The summed E-state index contributed by atoms with van der Waals surface area (Å²) in [5.74, 6) is 0.445. The molecular weight excluding hydrogens is 270 g/mol. The second-order valence-corrected chi connectivity index (χ2v) is 6.14. The average Bonchev–Trinajstić information content (AvgIpc) is 2.50. The van der Waals surface area contributed by atoms with Crippen LogP contribution in [0, 0.1) is 13.8 Å². The maximum atomic E-state index is 10.3. The number of unbranched alkanes of at least 4 members (excludes halogenated alkanes) is 1. The number of hydrogen-bond acceptors (Lipinski definition) is 2. The molecule has 0 heterocycles. The molecule has 22 heavy (non-hydrogen) atoms. The van der Waals surface area contributed by atoms with E-state index in [0.717, 1.165) is 30.8 Å². The van der Waals surface area contributed by atoms with Gasteiger partial charge in [0.15, 0.2) is 0 Å². The molecule has 0 unspecified atom stereocenters. The maximum Gasteiger partial charge on any atom is 0.122 e. The van der Waals surface area contributed by atoms with Crippen LogP contribution >= 0.6 is 0 Å². The Hall–Kier alpha value is -1.80. The number of aryl methyl sites for hydroxylation is 2. The van der Waals surface area contributed by atoms with Crippen LogP contribution in [0.4, 0.5) is 0 Å². The first kappa shape index (κ1) is 16.6. The summed E-state index contributed by atoms with van der Waals surface area (Å²) >= 11 is 0. The van der Waals surface area contributed by atoms with Gasteiger partial charge in [-0.05, 0) is 37.9 Å². The Morgan fingerprint density at radius 2 is 1.73 bits per heavy atom. The molecule has 0 saturated carbocycles. The summed E-state index contributed by atoms with van der Waals surface area (Å²) in [7, 11) is 0. The lowest BCUT2D eigenvalue weighted by Gasteiger charge is -2.23. The van der Waals surface area contributed by atoms with E-state index >= 15 is 0 Å². The van der Waals surface area contributed by atoms with E-state index in [9.17, 15) is 5.11 Å². The van der Waals surface area contributed by atoms with Crippen LogP contribution in [-0.2, 0) is 13.1 Å². The summed E-state index contributed by atoms with van der Waals surface area (Å²) in [4.78, 5) is 2.42. The van der Waals surface area contributed by atoms with Crippen molar-refractivity contribution in [1.29, 1.82) is 0 Å². The van der Waals surface area contributed by atoms with Crippen molar-refractivity contribution in [3.63, 3.8) is 0 Å². The van der Waals surface area contributed by atoms with Gasteiger partial charge in [-0.25, -0.2) is 0 Å². The van der Waals surface area contributed by atoms with Gasteiger partial charge in [0.2, 0.25) is 0 Å². The summed E-state index contributed by atoms with van der Waals surface area (Å²) < 4.78 is 0. The van der Waals surface area contributed by atoms with Crippen molar-refractivity contribution in [1.82, 2.24) is 4.90 Å². The number of phenolic OH excluding ortho intramolecular Hbond substituents is 1. The largest absolute Gasteiger partial charge is 0.507 e. The van der Waals surface area contributed by atoms with Crippen molar-refractivity contribution in [3.05, 3.63) is 64.7 Å². The Labute approximate surface area is 134 Å². The fourth-order valence-electron chi connectivity index (χ4n) is 2.85. The number of phenols is 1. The molecule has 2 nitrogen and oxygen atoms in total. The van der Waals surface area contributed by atoms with E-state index < -0.39 is 0 Å². The van der Waals surface area contributed by atoms with Crippen molar-refractivity contribution in [2.75, 3.05) is 6.54 Å². The number of nitrogens with zero attached hydrogens (tertiary/aromatic N) is 1. The topological polar surface area (TPSA) is 23.5 Å². The molecule has 0 spiro atoms. The van der Waals surface area contributed by atoms with E-state index in [1.807, 2.05) is 13.0 Å². The first-order valence-corrected chi connectivity index (χ1v) is 8.15. The smallest absolute Gasteiger partial charge is 0.122 e. The minimum Gasteiger partial charge on any atom is -0.507 e. The molecule has 0 aliphatic carbocycles. The molecule has 2 rings (SSSR count). The highest BCUT2D eigenvalue weighted by Crippen LogP contribution is 2.25. The molecule has 2 heteroatoms. The molecule has 0 atom stereocenters. The molecular formula is C20H27NO. The molecule has 0 bridgehead atoms. The monoisotopic (exact) mass is 297 g/mol. The van der Waals surface area contributed by atoms with Gasteiger partial charge in [0, 0.05) is 18.7 Å². The van der Waals surface area contributed by atoms with E-state index in [2.05, 4.69) is 55.1 Å². The lowest BCUT2D eigenvalue weighted by atomic mass is 10.0. The quantitative estimate of drug-likeness (QED) is 0.792. The molecule has 0 aliphatic heterocycles. The number of aromatic hydroxyl groups is 1. The van der Waals surface area contributed by atoms with Crippen LogP contribution in [0.15, 0.2) is 42.5 Å². The van der Waals surface area contributed by atoms with E-state index in [1.165, 1.54) is 24.0 Å². The number of rotatable bonds is 7. The van der Waals surface area contributed by atoms with Crippen LogP contribution in [-0.4, -0.2) is 16.6 Å². The lowest BCUT2D eigenvalue weighted by molar-refractivity contribution is 0.249. The second kappa shape index (κ2) is 8.00. The fourth-order valence-corrected chi connectivity index (χ4v) is 2.85. The summed E-state index contributed by atoms with van der Waals surface area (Å²) in [6, 6.07) is 14.7. The van der Waals surface area contributed by atoms with Crippen LogP contribution in [0.25, 0.3) is 0 Å². The summed E-state index contributed by atoms with van der Waals surface area (Å²) in [5, 5.41) is 10.3. The Balaban J connectivity index is 2.16. The van der Waals surface area contributed by atoms with Crippen LogP contribution < -0.4 is 0 Å². The van der Waals surface area contributed by atoms with Gasteiger partial charge in [0.25, 0.3) is 0 Å². The van der Waals surface area contributed by atoms with Gasteiger partial charge in [-0.15, -0.1) is 0 Å². The lowest BCUT2D eigenvalue weighted by Crippen LogP contribution is -2.24. The van der Waals surface area contributed by atoms with Crippen molar-refractivity contribution in [2.45, 2.75) is 46.7 Å². The van der Waals surface area contributed by atoms with Crippen LogP contribution in [0.2, 0.25) is 0 Å². The number of hydrogen-bond donors (Lipinski definition) is 1. The van der Waals surface area contributed by atoms with E-state index in [-0.39, 0.29) is 0 Å². The Morgan fingerprint density at radius 1 is 1.00 bits per heavy atom. The summed E-state index contributed by atoms with van der Waals surface area (Å²) in [6.07, 6.45) is 2.36. The van der Waals surface area contributed by atoms with Gasteiger partial charge in [0.1, 0.15) is 5.75 Å². The van der Waals surface area contributed by atoms with Gasteiger partial charge in [-0.1, -0.05) is 61.4 Å². The maximum absolute atomic E-state index is 10.3. The van der Waals surface area contributed by atoms with Gasteiger partial charge in [-0.3, -0.25) is 4.90 Å². The van der Waals surface area contributed by atoms with Gasteiger partial charge in [0.05, 0.1) is 0 Å². The van der Waals surface area contributed by atoms with Crippen molar-refractivity contribution in [2.24, 2.45) is 0 Å². The minimum atomic E-state index is 0.445. The van der Waals surface area contributed by atoms with Gasteiger partial charge < -0.3 is 5.11 Å². The standard InChI is InChI=1S/C20H27NO/c1-4-5-11-21(14-18-9-7-6-8-10-18)15-19-13-16(2)12-17(3)20(19)22/h6-10,12-13,22H,4-5,11,14-15H2,1-3H3. The highest BCUT2D eigenvalue weighted by molar-refractivity contribution is 5.42. The third-order valence-corrected chi connectivity index (χ3v) is 3.99. The molecule has 2 aromatic rings. The molecule has 1 N–H and O–H groups in total. The first-order chi connectivity index (χ1) is 10.6. The highest BCUT2D eigenvalue weighted by atomic mass is 16.3. The zero-order chi connectivity index (χ0) is 15.9. The second-order valence-electron chi connectivity index (χ2n) is 6.14. The third-order valence-electron chi connectivity index (χ3n) is 3.99. The molecule has 0 saturated heterocycles. The fraction of sp³-hybridized carbons (Fsp3) is 0.400. The molecule has 0 radical (unpaired) electrons. The molecule has 0 aromatic heterocycles. The number of benzene rings is 2. The Kier molecular flexibility index (Phi) is 6.02. The predicted molar refractivity (Wildman–Crippen MR) is 93.0 cm³/mol. The molecule has 0 fully saturated rings. The average molecular weight is 297 g/mol. The van der Waals surface area contributed by atoms with Crippen LogP contribution in [0.1, 0.15) is 42.0 Å². The summed E-state index contributed by atoms with van der Waals surface area (Å²) in [6.45, 7) is 9.05. The molecule has 2 aromatic carbocycles. The normalized spacial score (nSPS) is 11.1. The predicted octanol–water partition coefficient (Wildman–Crippen LogP) is 4.81. The van der Waals surface area contributed by atoms with E-state index in [4.69, 9.17) is 0 Å². The molecule has 0 amide bonds. The van der Waals surface area contributed by atoms with Crippen molar-refractivity contribution >= 4 is 0 Å². The van der Waals surface area contributed by atoms with E-state index in [1.54, 1.807) is 0 Å². The minimum absolute atomic E-state index is 0.445. The van der Waals surface area contributed by atoms with E-state index in [0.29, 0.717) is 5.75 Å². The van der Waals surface area contributed by atoms with Gasteiger partial charge >= 0.3 is 0 Å². The Morgan fingerprint density at radius 3 is 2.41 bits per heavy atom. The molecule has 0 aliphatic rings. The Bertz CT molecular complexity index is 592. The van der Waals surface area contributed by atoms with Gasteiger partial charge in [-0.2, -0.15) is 0 Å². The zero-order valence-corrected chi connectivity index (χ0v) is 14.0.